The SMILES string of the molecule is COc1c(C(=O)NC2CCNC(C)C2)n(C)c2c1c(=O)n(CC(=O)c1ccccc1)c1ccccc21. The van der Waals surface area contributed by atoms with Crippen molar-refractivity contribution in [1.82, 2.24) is 19.8 Å². The number of aromatic nitrogens is 2. The van der Waals surface area contributed by atoms with Crippen LogP contribution in [0, 0.1) is 0 Å². The van der Waals surface area contributed by atoms with Gasteiger partial charge in [0.25, 0.3) is 11.5 Å². The van der Waals surface area contributed by atoms with Gasteiger partial charge in [0.2, 0.25) is 0 Å². The minimum absolute atomic E-state index is 0.0355. The summed E-state index contributed by atoms with van der Waals surface area (Å²) in [5, 5.41) is 7.59. The van der Waals surface area contributed by atoms with Crippen LogP contribution < -0.4 is 20.9 Å². The summed E-state index contributed by atoms with van der Waals surface area (Å²) in [5.74, 6) is -0.223. The first-order valence-electron chi connectivity index (χ1n) is 12.2. The van der Waals surface area contributed by atoms with E-state index in [1.54, 1.807) is 35.9 Å². The van der Waals surface area contributed by atoms with Crippen molar-refractivity contribution in [3.05, 3.63) is 76.2 Å². The summed E-state index contributed by atoms with van der Waals surface area (Å²) in [6, 6.07) is 16.7. The van der Waals surface area contributed by atoms with Crippen LogP contribution >= 0.6 is 0 Å². The molecule has 4 aromatic rings. The van der Waals surface area contributed by atoms with Crippen LogP contribution in [0.3, 0.4) is 0 Å². The molecular formula is C28H30N4O4. The number of pyridine rings is 1. The van der Waals surface area contributed by atoms with Gasteiger partial charge >= 0.3 is 0 Å². The molecule has 186 valence electrons. The second-order valence-electron chi connectivity index (χ2n) is 9.41. The van der Waals surface area contributed by atoms with Gasteiger partial charge in [0, 0.05) is 30.1 Å². The molecular weight excluding hydrogens is 456 g/mol. The Morgan fingerprint density at radius 3 is 2.56 bits per heavy atom. The Morgan fingerprint density at radius 1 is 1.11 bits per heavy atom. The van der Waals surface area contributed by atoms with E-state index in [1.165, 1.54) is 11.7 Å². The van der Waals surface area contributed by atoms with E-state index >= 15 is 0 Å². The zero-order chi connectivity index (χ0) is 25.4. The third kappa shape index (κ3) is 4.07. The molecule has 1 aliphatic rings. The molecule has 36 heavy (non-hydrogen) atoms. The number of aryl methyl sites for hydroxylation is 1. The smallest absolute Gasteiger partial charge is 0.272 e. The molecule has 2 atom stereocenters. The highest BCUT2D eigenvalue weighted by Crippen LogP contribution is 2.34. The lowest BCUT2D eigenvalue weighted by Crippen LogP contribution is -2.46. The van der Waals surface area contributed by atoms with Crippen LogP contribution in [0.4, 0.5) is 0 Å². The highest BCUT2D eigenvalue weighted by atomic mass is 16.5. The van der Waals surface area contributed by atoms with Crippen molar-refractivity contribution >= 4 is 33.5 Å². The normalized spacial score (nSPS) is 17.9. The topological polar surface area (TPSA) is 94.4 Å². The molecule has 8 nitrogen and oxygen atoms in total. The van der Waals surface area contributed by atoms with Crippen LogP contribution in [0.25, 0.3) is 21.8 Å². The summed E-state index contributed by atoms with van der Waals surface area (Å²) >= 11 is 0. The van der Waals surface area contributed by atoms with E-state index in [9.17, 15) is 14.4 Å². The van der Waals surface area contributed by atoms with Gasteiger partial charge in [-0.2, -0.15) is 0 Å². The van der Waals surface area contributed by atoms with Crippen LogP contribution in [0.1, 0.15) is 40.6 Å². The summed E-state index contributed by atoms with van der Waals surface area (Å²) in [6.45, 7) is 2.82. The maximum atomic E-state index is 13.9. The van der Waals surface area contributed by atoms with Crippen molar-refractivity contribution < 1.29 is 14.3 Å². The van der Waals surface area contributed by atoms with E-state index in [-0.39, 0.29) is 35.6 Å². The summed E-state index contributed by atoms with van der Waals surface area (Å²) in [4.78, 5) is 40.4. The molecule has 2 unspecified atom stereocenters. The molecule has 2 N–H and O–H groups in total. The van der Waals surface area contributed by atoms with Crippen molar-refractivity contribution in [2.45, 2.75) is 38.4 Å². The van der Waals surface area contributed by atoms with Gasteiger partial charge in [-0.15, -0.1) is 0 Å². The number of hydrogen-bond acceptors (Lipinski definition) is 5. The predicted octanol–water partition coefficient (Wildman–Crippen LogP) is 3.26. The first kappa shape index (κ1) is 23.8. The molecule has 1 amide bonds. The predicted molar refractivity (Wildman–Crippen MR) is 140 cm³/mol. The highest BCUT2D eigenvalue weighted by Gasteiger charge is 2.29. The fourth-order valence-corrected chi connectivity index (χ4v) is 5.31. The number of piperidine rings is 1. The fraction of sp³-hybridized carbons (Fsp3) is 0.321. The number of ketones is 1. The number of nitrogens with one attached hydrogen (secondary N) is 2. The van der Waals surface area contributed by atoms with Gasteiger partial charge in [-0.1, -0.05) is 48.5 Å². The minimum atomic E-state index is -0.366. The van der Waals surface area contributed by atoms with Crippen LogP contribution in [0.5, 0.6) is 5.75 Å². The second-order valence-corrected chi connectivity index (χ2v) is 9.41. The number of ether oxygens (including phenoxy) is 1. The highest BCUT2D eigenvalue weighted by molar-refractivity contribution is 6.12. The summed E-state index contributed by atoms with van der Waals surface area (Å²) in [7, 11) is 3.24. The zero-order valence-corrected chi connectivity index (χ0v) is 20.7. The average molecular weight is 487 g/mol. The number of methoxy groups -OCH3 is 1. The molecule has 2 aromatic heterocycles. The van der Waals surface area contributed by atoms with Gasteiger partial charge in [-0.3, -0.25) is 19.0 Å². The Bertz CT molecular complexity index is 1520. The maximum absolute atomic E-state index is 13.9. The molecule has 5 rings (SSSR count). The van der Waals surface area contributed by atoms with Crippen molar-refractivity contribution in [3.8, 4) is 5.75 Å². The number of benzene rings is 2. The molecule has 8 heteroatoms. The number of nitrogens with zero attached hydrogens (tertiary/aromatic N) is 2. The Hall–Kier alpha value is -3.91. The molecule has 1 fully saturated rings. The van der Waals surface area contributed by atoms with Crippen LogP contribution in [-0.4, -0.2) is 46.6 Å². The van der Waals surface area contributed by atoms with Crippen molar-refractivity contribution in [3.63, 3.8) is 0 Å². The summed E-state index contributed by atoms with van der Waals surface area (Å²) in [5.41, 5.74) is 1.70. The largest absolute Gasteiger partial charge is 0.493 e. The average Bonchev–Trinajstić information content (AvgIpc) is 3.19. The van der Waals surface area contributed by atoms with Gasteiger partial charge in [-0.25, -0.2) is 0 Å². The van der Waals surface area contributed by atoms with Gasteiger partial charge < -0.3 is 19.9 Å². The molecule has 3 heterocycles. The number of fused-ring (bicyclic) bond motifs is 3. The Labute approximate surface area is 208 Å². The first-order chi connectivity index (χ1) is 17.4. The third-order valence-electron chi connectivity index (χ3n) is 7.03. The monoisotopic (exact) mass is 486 g/mol. The van der Waals surface area contributed by atoms with E-state index in [1.807, 2.05) is 30.3 Å². The van der Waals surface area contributed by atoms with E-state index < -0.39 is 0 Å². The molecule has 0 aliphatic carbocycles. The van der Waals surface area contributed by atoms with E-state index in [0.29, 0.717) is 33.7 Å². The third-order valence-corrected chi connectivity index (χ3v) is 7.03. The summed E-state index contributed by atoms with van der Waals surface area (Å²) in [6.07, 6.45) is 1.66. The summed E-state index contributed by atoms with van der Waals surface area (Å²) < 4.78 is 8.91. The van der Waals surface area contributed by atoms with E-state index in [0.717, 1.165) is 24.8 Å². The van der Waals surface area contributed by atoms with Crippen LogP contribution in [-0.2, 0) is 13.6 Å². The van der Waals surface area contributed by atoms with Crippen molar-refractivity contribution in [2.75, 3.05) is 13.7 Å². The van der Waals surface area contributed by atoms with E-state index in [2.05, 4.69) is 17.6 Å². The van der Waals surface area contributed by atoms with Gasteiger partial charge in [0.05, 0.1) is 24.7 Å². The van der Waals surface area contributed by atoms with Crippen molar-refractivity contribution in [2.24, 2.45) is 7.05 Å². The Balaban J connectivity index is 1.67. The number of carbonyl (C=O) groups excluding carboxylic acids is 2. The quantitative estimate of drug-likeness (QED) is 0.408. The molecule has 1 aliphatic heterocycles. The molecule has 0 saturated carbocycles. The fourth-order valence-electron chi connectivity index (χ4n) is 5.31. The number of Topliss-reactive ketones (excluding diaryl/α,β-unsaturated/α-hetero) is 1. The first-order valence-corrected chi connectivity index (χ1v) is 12.2. The van der Waals surface area contributed by atoms with Crippen LogP contribution in [0.2, 0.25) is 0 Å². The lowest BCUT2D eigenvalue weighted by molar-refractivity contribution is 0.0913. The Morgan fingerprint density at radius 2 is 1.83 bits per heavy atom. The van der Waals surface area contributed by atoms with Crippen LogP contribution in [0.15, 0.2) is 59.4 Å². The minimum Gasteiger partial charge on any atom is -0.493 e. The second kappa shape index (κ2) is 9.62. The lowest BCUT2D eigenvalue weighted by atomic mass is 10.0. The standard InChI is InChI=1S/C28H30N4O4/c1-17-15-19(13-14-29-17)30-27(34)25-26(36-3)23-24(31(25)2)20-11-7-8-12-21(20)32(28(23)35)16-22(33)18-9-5-4-6-10-18/h4-12,17,19,29H,13-16H2,1-3H3,(H,30,34). The molecule has 0 bridgehead atoms. The van der Waals surface area contributed by atoms with Gasteiger partial charge in [-0.05, 0) is 32.4 Å². The Kier molecular flexibility index (Phi) is 6.36. The number of amides is 1. The van der Waals surface area contributed by atoms with Crippen molar-refractivity contribution in [1.29, 1.82) is 0 Å². The maximum Gasteiger partial charge on any atom is 0.272 e. The molecule has 0 spiro atoms. The number of para-hydroxylation sites is 1. The molecule has 2 aromatic carbocycles. The van der Waals surface area contributed by atoms with Gasteiger partial charge in [0.15, 0.2) is 17.2 Å². The number of rotatable bonds is 6. The van der Waals surface area contributed by atoms with E-state index in [4.69, 9.17) is 4.74 Å². The molecule has 1 saturated heterocycles. The number of carbonyl (C=O) groups is 2. The number of hydrogen-bond donors (Lipinski definition) is 2. The molecule has 0 radical (unpaired) electrons. The lowest BCUT2D eigenvalue weighted by Gasteiger charge is -2.28. The van der Waals surface area contributed by atoms with Gasteiger partial charge in [0.1, 0.15) is 5.39 Å². The zero-order valence-electron chi connectivity index (χ0n) is 20.7.